The number of alkyl halides is 3. The Hall–Kier alpha value is -1.89. The lowest BCUT2D eigenvalue weighted by Gasteiger charge is -2.25. The van der Waals surface area contributed by atoms with Gasteiger partial charge in [0.15, 0.2) is 0 Å². The van der Waals surface area contributed by atoms with Crippen LogP contribution < -0.4 is 0 Å². The molecule has 2 atom stereocenters. The molecule has 134 valence electrons. The van der Waals surface area contributed by atoms with Gasteiger partial charge in [-0.15, -0.1) is 0 Å². The lowest BCUT2D eigenvalue weighted by molar-refractivity contribution is -0.137. The molecule has 6 heteroatoms. The van der Waals surface area contributed by atoms with E-state index in [1.807, 2.05) is 29.2 Å². The van der Waals surface area contributed by atoms with Crippen molar-refractivity contribution in [3.05, 3.63) is 70.8 Å². The molecule has 1 aliphatic rings. The topological polar surface area (TPSA) is 43.7 Å². The first-order valence-corrected chi connectivity index (χ1v) is 8.15. The Morgan fingerprint density at radius 2 is 1.72 bits per heavy atom. The molecule has 2 N–H and O–H groups in total. The van der Waals surface area contributed by atoms with Gasteiger partial charge in [-0.2, -0.15) is 13.2 Å². The summed E-state index contributed by atoms with van der Waals surface area (Å²) in [5, 5.41) is 19.1. The molecular formula is C19H20F3NO2. The van der Waals surface area contributed by atoms with Crippen LogP contribution in [0.4, 0.5) is 13.2 Å². The van der Waals surface area contributed by atoms with Crippen molar-refractivity contribution in [2.24, 2.45) is 0 Å². The Morgan fingerprint density at radius 3 is 2.36 bits per heavy atom. The zero-order valence-electron chi connectivity index (χ0n) is 13.6. The lowest BCUT2D eigenvalue weighted by atomic mass is 10.0. The first-order chi connectivity index (χ1) is 11.9. The van der Waals surface area contributed by atoms with E-state index < -0.39 is 17.8 Å². The standard InChI is InChI=1S/C19H20F3NO2/c20-19(21,22)16-3-1-2-15(8-16)18-9-17(25)11-23(18)10-13-4-6-14(12-24)7-5-13/h1-8,17-18,24-25H,9-12H2/t17-,18-/m1/s1. The van der Waals surface area contributed by atoms with Crippen molar-refractivity contribution in [1.82, 2.24) is 4.90 Å². The largest absolute Gasteiger partial charge is 0.416 e. The van der Waals surface area contributed by atoms with Crippen molar-refractivity contribution >= 4 is 0 Å². The average molecular weight is 351 g/mol. The first-order valence-electron chi connectivity index (χ1n) is 8.15. The number of aliphatic hydroxyl groups excluding tert-OH is 2. The fourth-order valence-corrected chi connectivity index (χ4v) is 3.31. The molecule has 0 saturated carbocycles. The maximum Gasteiger partial charge on any atom is 0.416 e. The molecule has 0 spiro atoms. The van der Waals surface area contributed by atoms with Crippen LogP contribution in [0.25, 0.3) is 0 Å². The third kappa shape index (κ3) is 4.21. The maximum atomic E-state index is 13.0. The van der Waals surface area contributed by atoms with E-state index in [9.17, 15) is 18.3 Å². The number of hydrogen-bond acceptors (Lipinski definition) is 3. The molecular weight excluding hydrogens is 331 g/mol. The molecule has 0 unspecified atom stereocenters. The van der Waals surface area contributed by atoms with Crippen LogP contribution in [0, 0.1) is 0 Å². The SMILES string of the molecule is OCc1ccc(CN2C[C@H](O)C[C@@H]2c2cccc(C(F)(F)F)c2)cc1. The summed E-state index contributed by atoms with van der Waals surface area (Å²) in [5.74, 6) is 0. The summed E-state index contributed by atoms with van der Waals surface area (Å²) in [4.78, 5) is 1.99. The minimum absolute atomic E-state index is 0.0322. The Labute approximate surface area is 144 Å². The molecule has 0 aliphatic carbocycles. The Bertz CT molecular complexity index is 715. The number of hydrogen-bond donors (Lipinski definition) is 2. The van der Waals surface area contributed by atoms with E-state index in [-0.39, 0.29) is 12.6 Å². The van der Waals surface area contributed by atoms with Crippen LogP contribution in [0.1, 0.15) is 34.7 Å². The highest BCUT2D eigenvalue weighted by Gasteiger charge is 2.35. The normalized spacial score (nSPS) is 21.6. The van der Waals surface area contributed by atoms with Crippen LogP contribution in [0.15, 0.2) is 48.5 Å². The van der Waals surface area contributed by atoms with Gasteiger partial charge in [-0.05, 0) is 35.2 Å². The molecule has 0 bridgehead atoms. The van der Waals surface area contributed by atoms with Crippen LogP contribution in [0.2, 0.25) is 0 Å². The molecule has 25 heavy (non-hydrogen) atoms. The summed E-state index contributed by atoms with van der Waals surface area (Å²) >= 11 is 0. The Morgan fingerprint density at radius 1 is 1.04 bits per heavy atom. The van der Waals surface area contributed by atoms with Gasteiger partial charge in [0.2, 0.25) is 0 Å². The summed E-state index contributed by atoms with van der Waals surface area (Å²) in [5.41, 5.74) is 1.69. The summed E-state index contributed by atoms with van der Waals surface area (Å²) in [6.07, 6.45) is -4.52. The van der Waals surface area contributed by atoms with Crippen molar-refractivity contribution in [2.45, 2.75) is 37.9 Å². The molecule has 3 nitrogen and oxygen atoms in total. The molecule has 1 saturated heterocycles. The van der Waals surface area contributed by atoms with Crippen molar-refractivity contribution in [3.8, 4) is 0 Å². The van der Waals surface area contributed by atoms with Gasteiger partial charge in [-0.1, -0.05) is 36.4 Å². The van der Waals surface area contributed by atoms with Gasteiger partial charge < -0.3 is 10.2 Å². The molecule has 2 aromatic rings. The first kappa shape index (κ1) is 17.9. The summed E-state index contributed by atoms with van der Waals surface area (Å²) < 4.78 is 38.9. The molecule has 0 radical (unpaired) electrons. The number of rotatable bonds is 4. The number of benzene rings is 2. The van der Waals surface area contributed by atoms with E-state index in [0.29, 0.717) is 25.1 Å². The smallest absolute Gasteiger partial charge is 0.392 e. The second-order valence-corrected chi connectivity index (χ2v) is 6.43. The van der Waals surface area contributed by atoms with E-state index in [4.69, 9.17) is 5.11 Å². The highest BCUT2D eigenvalue weighted by atomic mass is 19.4. The highest BCUT2D eigenvalue weighted by Crippen LogP contribution is 2.36. The van der Waals surface area contributed by atoms with Crippen LogP contribution in [0.5, 0.6) is 0 Å². The monoisotopic (exact) mass is 351 g/mol. The number of nitrogens with zero attached hydrogens (tertiary/aromatic N) is 1. The fourth-order valence-electron chi connectivity index (χ4n) is 3.31. The number of halogens is 3. The van der Waals surface area contributed by atoms with Gasteiger partial charge in [-0.25, -0.2) is 0 Å². The van der Waals surface area contributed by atoms with Gasteiger partial charge >= 0.3 is 6.18 Å². The van der Waals surface area contributed by atoms with Crippen molar-refractivity contribution < 1.29 is 23.4 Å². The summed E-state index contributed by atoms with van der Waals surface area (Å²) in [7, 11) is 0. The maximum absolute atomic E-state index is 13.0. The molecule has 2 aromatic carbocycles. The molecule has 3 rings (SSSR count). The van der Waals surface area contributed by atoms with Gasteiger partial charge in [0, 0.05) is 19.1 Å². The number of β-amino-alcohol motifs (C(OH)–C–C–N with tert-alkyl or cyclic N) is 1. The predicted molar refractivity (Wildman–Crippen MR) is 87.6 cm³/mol. The van der Waals surface area contributed by atoms with E-state index in [2.05, 4.69) is 0 Å². The molecule has 0 aromatic heterocycles. The quantitative estimate of drug-likeness (QED) is 0.886. The van der Waals surface area contributed by atoms with E-state index in [1.165, 1.54) is 12.1 Å². The highest BCUT2D eigenvalue weighted by molar-refractivity contribution is 5.29. The Balaban J connectivity index is 1.81. The zero-order chi connectivity index (χ0) is 18.0. The minimum atomic E-state index is -4.38. The molecule has 0 amide bonds. The molecule has 1 fully saturated rings. The van der Waals surface area contributed by atoms with Gasteiger partial charge in [0.25, 0.3) is 0 Å². The van der Waals surface area contributed by atoms with Gasteiger partial charge in [-0.3, -0.25) is 4.90 Å². The number of likely N-dealkylation sites (tertiary alicyclic amines) is 1. The van der Waals surface area contributed by atoms with E-state index >= 15 is 0 Å². The van der Waals surface area contributed by atoms with Gasteiger partial charge in [0.05, 0.1) is 18.3 Å². The van der Waals surface area contributed by atoms with E-state index in [1.54, 1.807) is 6.07 Å². The van der Waals surface area contributed by atoms with Crippen LogP contribution in [-0.4, -0.2) is 27.8 Å². The average Bonchev–Trinajstić information content (AvgIpc) is 2.95. The Kier molecular flexibility index (Phi) is 5.13. The lowest BCUT2D eigenvalue weighted by Crippen LogP contribution is -2.24. The van der Waals surface area contributed by atoms with Crippen LogP contribution in [-0.2, 0) is 19.3 Å². The predicted octanol–water partition coefficient (Wildman–Crippen LogP) is 3.51. The second kappa shape index (κ2) is 7.15. The van der Waals surface area contributed by atoms with Crippen molar-refractivity contribution in [2.75, 3.05) is 6.54 Å². The van der Waals surface area contributed by atoms with Gasteiger partial charge in [0.1, 0.15) is 0 Å². The second-order valence-electron chi connectivity index (χ2n) is 6.43. The third-order valence-corrected chi connectivity index (χ3v) is 4.57. The summed E-state index contributed by atoms with van der Waals surface area (Å²) in [6.45, 7) is 0.919. The van der Waals surface area contributed by atoms with E-state index in [0.717, 1.165) is 17.2 Å². The minimum Gasteiger partial charge on any atom is -0.392 e. The van der Waals surface area contributed by atoms with Crippen molar-refractivity contribution in [1.29, 1.82) is 0 Å². The fraction of sp³-hybridized carbons (Fsp3) is 0.368. The van der Waals surface area contributed by atoms with Crippen LogP contribution >= 0.6 is 0 Å². The van der Waals surface area contributed by atoms with Crippen molar-refractivity contribution in [3.63, 3.8) is 0 Å². The third-order valence-electron chi connectivity index (χ3n) is 4.57. The molecule has 1 aliphatic heterocycles. The van der Waals surface area contributed by atoms with Crippen LogP contribution in [0.3, 0.4) is 0 Å². The zero-order valence-corrected chi connectivity index (χ0v) is 13.6. The molecule has 1 heterocycles. The summed E-state index contributed by atoms with van der Waals surface area (Å²) in [6, 6.07) is 12.5. The number of aliphatic hydroxyl groups is 2.